The molecule has 3 rings (SSSR count). The number of carbonyl (C=O) groups excluding carboxylic acids is 2. The largest absolute Gasteiger partial charge is 0.380 e. The zero-order chi connectivity index (χ0) is 24.0. The number of nitrogens with zero attached hydrogens (tertiary/aromatic N) is 3. The van der Waals surface area contributed by atoms with Crippen molar-refractivity contribution in [1.82, 2.24) is 9.88 Å². The van der Waals surface area contributed by atoms with Crippen LogP contribution in [0.2, 0.25) is 10.0 Å². The third-order valence-electron chi connectivity index (χ3n) is 4.83. The quantitative estimate of drug-likeness (QED) is 0.480. The second kappa shape index (κ2) is 11.1. The van der Waals surface area contributed by atoms with E-state index in [1.165, 1.54) is 6.20 Å². The normalized spacial score (nSPS) is 10.7. The minimum atomic E-state index is -0.341. The van der Waals surface area contributed by atoms with Gasteiger partial charge in [0, 0.05) is 36.2 Å². The smallest absolute Gasteiger partial charge is 0.258 e. The highest BCUT2D eigenvalue weighted by Crippen LogP contribution is 2.23. The summed E-state index contributed by atoms with van der Waals surface area (Å²) in [6.45, 7) is 0.823. The topological polar surface area (TPSA) is 77.6 Å². The van der Waals surface area contributed by atoms with Crippen LogP contribution in [0.25, 0.3) is 0 Å². The van der Waals surface area contributed by atoms with Crippen LogP contribution < -0.4 is 15.5 Å². The van der Waals surface area contributed by atoms with Crippen LogP contribution in [0, 0.1) is 0 Å². The average molecular weight is 486 g/mol. The molecular weight excluding hydrogens is 461 g/mol. The first-order valence-electron chi connectivity index (χ1n) is 10.2. The molecule has 0 fully saturated rings. The summed E-state index contributed by atoms with van der Waals surface area (Å²) in [4.78, 5) is 32.6. The Morgan fingerprint density at radius 3 is 2.27 bits per heavy atom. The molecule has 2 amide bonds. The van der Waals surface area contributed by atoms with Gasteiger partial charge in [-0.3, -0.25) is 9.59 Å². The first-order valence-corrected chi connectivity index (χ1v) is 10.9. The molecule has 9 heteroatoms. The fourth-order valence-electron chi connectivity index (χ4n) is 3.05. The van der Waals surface area contributed by atoms with Gasteiger partial charge in [-0.05, 0) is 62.1 Å². The van der Waals surface area contributed by atoms with Gasteiger partial charge in [-0.25, -0.2) is 4.98 Å². The van der Waals surface area contributed by atoms with Gasteiger partial charge in [-0.1, -0.05) is 35.3 Å². The predicted octanol–water partition coefficient (Wildman–Crippen LogP) is 4.78. The number of pyridine rings is 1. The van der Waals surface area contributed by atoms with Crippen LogP contribution in [0.15, 0.2) is 60.8 Å². The number of rotatable bonds is 8. The van der Waals surface area contributed by atoms with Crippen molar-refractivity contribution in [3.63, 3.8) is 0 Å². The number of hydrogen-bond donors (Lipinski definition) is 2. The molecule has 0 aliphatic heterocycles. The lowest BCUT2D eigenvalue weighted by Crippen LogP contribution is -2.34. The van der Waals surface area contributed by atoms with E-state index < -0.39 is 0 Å². The predicted molar refractivity (Wildman–Crippen MR) is 134 cm³/mol. The van der Waals surface area contributed by atoms with E-state index in [-0.39, 0.29) is 11.8 Å². The number of halogens is 2. The van der Waals surface area contributed by atoms with E-state index in [0.717, 1.165) is 11.3 Å². The molecule has 0 bridgehead atoms. The molecule has 0 spiro atoms. The van der Waals surface area contributed by atoms with Crippen molar-refractivity contribution in [3.8, 4) is 0 Å². The zero-order valence-corrected chi connectivity index (χ0v) is 20.1. The van der Waals surface area contributed by atoms with E-state index in [1.54, 1.807) is 42.3 Å². The molecule has 0 saturated carbocycles. The number of nitrogens with one attached hydrogen (secondary N) is 2. The van der Waals surface area contributed by atoms with Gasteiger partial charge < -0.3 is 20.4 Å². The van der Waals surface area contributed by atoms with Crippen molar-refractivity contribution in [2.75, 3.05) is 43.2 Å². The Morgan fingerprint density at radius 2 is 1.64 bits per heavy atom. The zero-order valence-electron chi connectivity index (χ0n) is 18.6. The van der Waals surface area contributed by atoms with E-state index in [2.05, 4.69) is 15.6 Å². The molecule has 3 aromatic rings. The van der Waals surface area contributed by atoms with Crippen LogP contribution in [0.3, 0.4) is 0 Å². The SMILES string of the molecule is CN(C)CC(=O)N(C)c1ccc(CNc2ccc(Cl)cc2C(=O)Nc2ccc(Cl)cn2)cc1. The molecule has 0 aliphatic carbocycles. The van der Waals surface area contributed by atoms with Crippen LogP contribution >= 0.6 is 23.2 Å². The molecule has 0 radical (unpaired) electrons. The molecule has 0 aliphatic rings. The Kier molecular flexibility index (Phi) is 8.27. The highest BCUT2D eigenvalue weighted by molar-refractivity contribution is 6.31. The summed E-state index contributed by atoms with van der Waals surface area (Å²) in [6.07, 6.45) is 1.46. The Balaban J connectivity index is 1.68. The summed E-state index contributed by atoms with van der Waals surface area (Å²) in [5, 5.41) is 6.96. The summed E-state index contributed by atoms with van der Waals surface area (Å²) in [5.41, 5.74) is 2.83. The lowest BCUT2D eigenvalue weighted by Gasteiger charge is -2.20. The van der Waals surface area contributed by atoms with Crippen molar-refractivity contribution >= 4 is 52.2 Å². The van der Waals surface area contributed by atoms with Gasteiger partial charge in [0.2, 0.25) is 5.91 Å². The van der Waals surface area contributed by atoms with E-state index in [0.29, 0.717) is 40.2 Å². The highest BCUT2D eigenvalue weighted by atomic mass is 35.5. The van der Waals surface area contributed by atoms with E-state index in [1.807, 2.05) is 43.3 Å². The molecule has 0 atom stereocenters. The third kappa shape index (κ3) is 6.92. The van der Waals surface area contributed by atoms with Gasteiger partial charge in [0.25, 0.3) is 5.91 Å². The molecule has 0 unspecified atom stereocenters. The van der Waals surface area contributed by atoms with E-state index in [9.17, 15) is 9.59 Å². The second-order valence-corrected chi connectivity index (χ2v) is 8.59. The molecule has 7 nitrogen and oxygen atoms in total. The van der Waals surface area contributed by atoms with Gasteiger partial charge in [0.1, 0.15) is 5.82 Å². The van der Waals surface area contributed by atoms with Crippen LogP contribution in [0.5, 0.6) is 0 Å². The Labute approximate surface area is 203 Å². The van der Waals surface area contributed by atoms with Crippen LogP contribution in [0.4, 0.5) is 17.2 Å². The Morgan fingerprint density at radius 1 is 0.939 bits per heavy atom. The lowest BCUT2D eigenvalue weighted by molar-refractivity contribution is -0.118. The number of carbonyl (C=O) groups is 2. The molecule has 172 valence electrons. The van der Waals surface area contributed by atoms with E-state index in [4.69, 9.17) is 23.2 Å². The van der Waals surface area contributed by atoms with Gasteiger partial charge >= 0.3 is 0 Å². The summed E-state index contributed by atoms with van der Waals surface area (Å²) in [5.74, 6) is 0.0583. The van der Waals surface area contributed by atoms with E-state index >= 15 is 0 Å². The molecule has 1 aromatic heterocycles. The third-order valence-corrected chi connectivity index (χ3v) is 5.29. The minimum absolute atomic E-state index is 0.0119. The van der Waals surface area contributed by atoms with Gasteiger partial charge in [-0.15, -0.1) is 0 Å². The number of hydrogen-bond acceptors (Lipinski definition) is 5. The molecule has 33 heavy (non-hydrogen) atoms. The second-order valence-electron chi connectivity index (χ2n) is 7.72. The van der Waals surface area contributed by atoms with Crippen molar-refractivity contribution in [1.29, 1.82) is 0 Å². The molecule has 1 heterocycles. The summed E-state index contributed by atoms with van der Waals surface area (Å²) >= 11 is 12.0. The van der Waals surface area contributed by atoms with Crippen molar-refractivity contribution < 1.29 is 9.59 Å². The number of anilines is 3. The van der Waals surface area contributed by atoms with Crippen molar-refractivity contribution in [3.05, 3.63) is 82.0 Å². The van der Waals surface area contributed by atoms with Crippen LogP contribution in [-0.2, 0) is 11.3 Å². The number of aromatic nitrogens is 1. The standard InChI is InChI=1S/C24H25Cl2N5O2/c1-30(2)15-23(32)31(3)19-8-4-16(5-9-19)13-27-21-10-6-17(25)12-20(21)24(33)29-22-11-7-18(26)14-28-22/h4-12,14,27H,13,15H2,1-3H3,(H,28,29,33). The number of likely N-dealkylation sites (N-methyl/N-ethyl adjacent to an activating group) is 2. The summed E-state index contributed by atoms with van der Waals surface area (Å²) in [6, 6.07) is 16.0. The molecular formula is C24H25Cl2N5O2. The molecule has 2 N–H and O–H groups in total. The average Bonchev–Trinajstić information content (AvgIpc) is 2.79. The first kappa shape index (κ1) is 24.5. The fourth-order valence-corrected chi connectivity index (χ4v) is 3.33. The van der Waals surface area contributed by atoms with Gasteiger partial charge in [0.15, 0.2) is 0 Å². The summed E-state index contributed by atoms with van der Waals surface area (Å²) < 4.78 is 0. The van der Waals surface area contributed by atoms with Crippen LogP contribution in [-0.4, -0.2) is 49.4 Å². The Hall–Kier alpha value is -3.13. The lowest BCUT2D eigenvalue weighted by atomic mass is 10.1. The van der Waals surface area contributed by atoms with Crippen molar-refractivity contribution in [2.45, 2.75) is 6.54 Å². The van der Waals surface area contributed by atoms with Gasteiger partial charge in [0.05, 0.1) is 17.1 Å². The monoisotopic (exact) mass is 485 g/mol. The molecule has 0 saturated heterocycles. The number of amides is 2. The molecule has 2 aromatic carbocycles. The van der Waals surface area contributed by atoms with Gasteiger partial charge in [-0.2, -0.15) is 0 Å². The highest BCUT2D eigenvalue weighted by Gasteiger charge is 2.14. The fraction of sp³-hybridized carbons (Fsp3) is 0.208. The minimum Gasteiger partial charge on any atom is -0.380 e. The number of benzene rings is 2. The Bertz CT molecular complexity index is 1120. The maximum Gasteiger partial charge on any atom is 0.258 e. The maximum absolute atomic E-state index is 12.8. The maximum atomic E-state index is 12.8. The summed E-state index contributed by atoms with van der Waals surface area (Å²) in [7, 11) is 5.47. The first-order chi connectivity index (χ1) is 15.7. The van der Waals surface area contributed by atoms with Crippen molar-refractivity contribution in [2.24, 2.45) is 0 Å². The van der Waals surface area contributed by atoms with Crippen LogP contribution in [0.1, 0.15) is 15.9 Å².